The molecule has 0 aromatic carbocycles. The van der Waals surface area contributed by atoms with E-state index in [2.05, 4.69) is 12.2 Å². The van der Waals surface area contributed by atoms with Crippen molar-refractivity contribution < 1.29 is 9.59 Å². The van der Waals surface area contributed by atoms with Crippen molar-refractivity contribution in [2.24, 2.45) is 11.7 Å². The fourth-order valence-electron chi connectivity index (χ4n) is 2.51. The Hall–Kier alpha value is -1.07. The molecule has 1 unspecified atom stereocenters. The summed E-state index contributed by atoms with van der Waals surface area (Å²) in [4.78, 5) is 24.2. The number of anilines is 1. The molecule has 0 spiro atoms. The third-order valence-electron chi connectivity index (χ3n) is 3.57. The minimum Gasteiger partial charge on any atom is -0.365 e. The quantitative estimate of drug-likeness (QED) is 0.839. The van der Waals surface area contributed by atoms with Crippen LogP contribution in [0.4, 0.5) is 5.00 Å². The number of fused-ring (bicyclic) bond motifs is 1. The summed E-state index contributed by atoms with van der Waals surface area (Å²) in [6, 6.07) is 0. The van der Waals surface area contributed by atoms with Gasteiger partial charge in [-0.15, -0.1) is 22.9 Å². The maximum atomic E-state index is 11.6. The molecule has 1 aromatic heterocycles. The van der Waals surface area contributed by atoms with Gasteiger partial charge in [0.2, 0.25) is 5.91 Å². The molecular weight excluding hydrogens is 284 g/mol. The minimum absolute atomic E-state index is 0.127. The van der Waals surface area contributed by atoms with Crippen molar-refractivity contribution >= 4 is 39.8 Å². The second-order valence-corrected chi connectivity index (χ2v) is 6.14. The van der Waals surface area contributed by atoms with Crippen LogP contribution < -0.4 is 11.1 Å². The molecule has 0 radical (unpaired) electrons. The first-order valence-electron chi connectivity index (χ1n) is 6.36. The summed E-state index contributed by atoms with van der Waals surface area (Å²) in [6.07, 6.45) is 4.03. The lowest BCUT2D eigenvalue weighted by Crippen LogP contribution is -2.20. The smallest absolute Gasteiger partial charge is 0.251 e. The molecule has 19 heavy (non-hydrogen) atoms. The van der Waals surface area contributed by atoms with Crippen LogP contribution in [0.25, 0.3) is 0 Å². The van der Waals surface area contributed by atoms with E-state index in [1.54, 1.807) is 0 Å². The van der Waals surface area contributed by atoms with Crippen LogP contribution in [0.2, 0.25) is 0 Å². The highest BCUT2D eigenvalue weighted by Crippen LogP contribution is 2.40. The van der Waals surface area contributed by atoms with Crippen molar-refractivity contribution in [3.63, 3.8) is 0 Å². The Balaban J connectivity index is 2.36. The van der Waals surface area contributed by atoms with Gasteiger partial charge in [0, 0.05) is 4.88 Å². The van der Waals surface area contributed by atoms with Crippen LogP contribution in [0, 0.1) is 5.92 Å². The fraction of sp³-hybridized carbons (Fsp3) is 0.538. The predicted octanol–water partition coefficient (Wildman–Crippen LogP) is 2.54. The normalized spacial score (nSPS) is 17.9. The number of alkyl halides is 1. The minimum atomic E-state index is -0.475. The lowest BCUT2D eigenvalue weighted by molar-refractivity contribution is -0.113. The molecule has 1 atom stereocenters. The highest BCUT2D eigenvalue weighted by Gasteiger charge is 2.27. The Labute approximate surface area is 121 Å². The lowest BCUT2D eigenvalue weighted by Gasteiger charge is -2.20. The number of nitrogens with two attached hydrogens (primary N) is 1. The van der Waals surface area contributed by atoms with Gasteiger partial charge >= 0.3 is 0 Å². The van der Waals surface area contributed by atoms with Gasteiger partial charge in [0.1, 0.15) is 10.9 Å². The number of thiophene rings is 1. The van der Waals surface area contributed by atoms with Crippen LogP contribution in [0.1, 0.15) is 40.6 Å². The van der Waals surface area contributed by atoms with Gasteiger partial charge < -0.3 is 11.1 Å². The van der Waals surface area contributed by atoms with E-state index in [9.17, 15) is 9.59 Å². The molecule has 3 N–H and O–H groups in total. The van der Waals surface area contributed by atoms with Crippen molar-refractivity contribution in [1.82, 2.24) is 0 Å². The van der Waals surface area contributed by atoms with Gasteiger partial charge in [0.15, 0.2) is 0 Å². The first-order valence-corrected chi connectivity index (χ1v) is 7.72. The Morgan fingerprint density at radius 2 is 2.26 bits per heavy atom. The highest BCUT2D eigenvalue weighted by atomic mass is 35.5. The molecule has 1 aliphatic rings. The molecule has 0 bridgehead atoms. The highest BCUT2D eigenvalue weighted by molar-refractivity contribution is 7.17. The van der Waals surface area contributed by atoms with E-state index in [0.717, 1.165) is 31.2 Å². The summed E-state index contributed by atoms with van der Waals surface area (Å²) < 4.78 is 0. The van der Waals surface area contributed by atoms with Gasteiger partial charge in [-0.25, -0.2) is 0 Å². The number of carbonyl (C=O) groups excluding carboxylic acids is 2. The van der Waals surface area contributed by atoms with Crippen molar-refractivity contribution in [1.29, 1.82) is 0 Å². The molecule has 104 valence electrons. The molecule has 0 fully saturated rings. The summed E-state index contributed by atoms with van der Waals surface area (Å²) in [5.74, 6) is -0.256. The maximum absolute atomic E-state index is 11.6. The third-order valence-corrected chi connectivity index (χ3v) is 4.98. The molecule has 1 aliphatic carbocycles. The van der Waals surface area contributed by atoms with Crippen molar-refractivity contribution in [2.45, 2.75) is 32.6 Å². The van der Waals surface area contributed by atoms with E-state index in [1.807, 2.05) is 0 Å². The van der Waals surface area contributed by atoms with Crippen molar-refractivity contribution in [2.75, 3.05) is 11.2 Å². The van der Waals surface area contributed by atoms with Gasteiger partial charge in [0.05, 0.1) is 5.56 Å². The summed E-state index contributed by atoms with van der Waals surface area (Å²) in [5, 5.41) is 3.23. The number of nitrogens with one attached hydrogen (secondary N) is 1. The summed E-state index contributed by atoms with van der Waals surface area (Å²) in [7, 11) is 0. The van der Waals surface area contributed by atoms with Crippen molar-refractivity contribution in [3.8, 4) is 0 Å². The van der Waals surface area contributed by atoms with E-state index in [0.29, 0.717) is 16.5 Å². The van der Waals surface area contributed by atoms with Crippen LogP contribution in [0.5, 0.6) is 0 Å². The number of hydrogen-bond acceptors (Lipinski definition) is 3. The predicted molar refractivity (Wildman–Crippen MR) is 78.0 cm³/mol. The van der Waals surface area contributed by atoms with Crippen LogP contribution in [0.15, 0.2) is 0 Å². The van der Waals surface area contributed by atoms with Crippen LogP contribution in [-0.2, 0) is 17.6 Å². The molecule has 2 amide bonds. The van der Waals surface area contributed by atoms with Crippen LogP contribution >= 0.6 is 22.9 Å². The lowest BCUT2D eigenvalue weighted by atomic mass is 9.85. The fourth-order valence-corrected chi connectivity index (χ4v) is 3.96. The number of rotatable bonds is 4. The molecule has 0 aliphatic heterocycles. The number of primary amides is 1. The largest absolute Gasteiger partial charge is 0.365 e. The topological polar surface area (TPSA) is 72.2 Å². The average molecular weight is 301 g/mol. The SMILES string of the molecule is CCC1CCc2c(sc(NC(=O)CCl)c2C(N)=O)C1. The van der Waals surface area contributed by atoms with Gasteiger partial charge in [0.25, 0.3) is 5.91 Å². The van der Waals surface area contributed by atoms with Gasteiger partial charge in [-0.05, 0) is 30.7 Å². The van der Waals surface area contributed by atoms with Gasteiger partial charge in [-0.3, -0.25) is 9.59 Å². The van der Waals surface area contributed by atoms with E-state index < -0.39 is 5.91 Å². The molecule has 1 heterocycles. The monoisotopic (exact) mass is 300 g/mol. The first-order chi connectivity index (χ1) is 9.06. The zero-order chi connectivity index (χ0) is 14.0. The van der Waals surface area contributed by atoms with Crippen LogP contribution in [-0.4, -0.2) is 17.7 Å². The molecular formula is C13H17ClN2O2S. The number of amides is 2. The van der Waals surface area contributed by atoms with E-state index in [1.165, 1.54) is 16.2 Å². The van der Waals surface area contributed by atoms with Gasteiger partial charge in [-0.2, -0.15) is 0 Å². The zero-order valence-electron chi connectivity index (χ0n) is 10.8. The second kappa shape index (κ2) is 5.92. The molecule has 1 aromatic rings. The number of hydrogen-bond donors (Lipinski definition) is 2. The Kier molecular flexibility index (Phi) is 4.47. The standard InChI is InChI=1S/C13H17ClN2O2S/c1-2-7-3-4-8-9(5-7)19-13(11(8)12(15)18)16-10(17)6-14/h7H,2-6H2,1H3,(H2,15,18)(H,16,17). The summed E-state index contributed by atoms with van der Waals surface area (Å²) in [5.41, 5.74) is 6.95. The number of carbonyl (C=O) groups is 2. The van der Waals surface area contributed by atoms with Crippen molar-refractivity contribution in [3.05, 3.63) is 16.0 Å². The molecule has 2 rings (SSSR count). The summed E-state index contributed by atoms with van der Waals surface area (Å²) in [6.45, 7) is 2.18. The third kappa shape index (κ3) is 2.92. The second-order valence-electron chi connectivity index (χ2n) is 4.77. The molecule has 4 nitrogen and oxygen atoms in total. The maximum Gasteiger partial charge on any atom is 0.251 e. The molecule has 0 saturated heterocycles. The zero-order valence-corrected chi connectivity index (χ0v) is 12.4. The molecule has 0 saturated carbocycles. The molecule has 6 heteroatoms. The average Bonchev–Trinajstić information content (AvgIpc) is 2.74. The number of halogens is 1. The Morgan fingerprint density at radius 3 is 2.84 bits per heavy atom. The van der Waals surface area contributed by atoms with E-state index >= 15 is 0 Å². The first kappa shape index (κ1) is 14.3. The van der Waals surface area contributed by atoms with E-state index in [-0.39, 0.29) is 11.8 Å². The summed E-state index contributed by atoms with van der Waals surface area (Å²) >= 11 is 6.94. The Morgan fingerprint density at radius 1 is 1.53 bits per heavy atom. The van der Waals surface area contributed by atoms with E-state index in [4.69, 9.17) is 17.3 Å². The van der Waals surface area contributed by atoms with Crippen LogP contribution in [0.3, 0.4) is 0 Å². The van der Waals surface area contributed by atoms with Gasteiger partial charge in [-0.1, -0.05) is 13.3 Å². The Bertz CT molecular complexity index is 513.